The minimum atomic E-state index is -0.960. The Morgan fingerprint density at radius 1 is 0.765 bits per heavy atom. The van der Waals surface area contributed by atoms with Crippen LogP contribution in [0.25, 0.3) is 11.1 Å². The zero-order valence-electron chi connectivity index (χ0n) is 9.01. The first-order valence-electron chi connectivity index (χ1n) is 4.91. The van der Waals surface area contributed by atoms with E-state index in [9.17, 15) is 13.2 Å². The van der Waals surface area contributed by atoms with Crippen LogP contribution in [0.15, 0.2) is 36.4 Å². The van der Waals surface area contributed by atoms with Crippen LogP contribution >= 0.6 is 0 Å². The monoisotopic (exact) mass is 238 g/mol. The van der Waals surface area contributed by atoms with Gasteiger partial charge in [0.15, 0.2) is 23.2 Å². The molecule has 0 aromatic heterocycles. The molecule has 0 radical (unpaired) electrons. The lowest BCUT2D eigenvalue weighted by atomic mass is 10.1. The summed E-state index contributed by atoms with van der Waals surface area (Å²) in [4.78, 5) is 0. The van der Waals surface area contributed by atoms with Crippen molar-refractivity contribution in [2.45, 2.75) is 0 Å². The zero-order valence-corrected chi connectivity index (χ0v) is 9.01. The lowest BCUT2D eigenvalue weighted by Crippen LogP contribution is -1.90. The molecule has 88 valence electrons. The standard InChI is InChI=1S/C13H9F3O/c1-17-13-5-3-9(7-12(13)16)8-2-4-10(14)11(15)6-8/h2-7H,1H3. The van der Waals surface area contributed by atoms with Gasteiger partial charge in [-0.25, -0.2) is 13.2 Å². The van der Waals surface area contributed by atoms with Gasteiger partial charge in [-0.05, 0) is 35.4 Å². The van der Waals surface area contributed by atoms with Gasteiger partial charge in [-0.15, -0.1) is 0 Å². The van der Waals surface area contributed by atoms with Crippen LogP contribution in [-0.2, 0) is 0 Å². The third-order valence-corrected chi connectivity index (χ3v) is 2.40. The van der Waals surface area contributed by atoms with Crippen molar-refractivity contribution in [2.75, 3.05) is 7.11 Å². The van der Waals surface area contributed by atoms with E-state index in [1.807, 2.05) is 0 Å². The highest BCUT2D eigenvalue weighted by atomic mass is 19.2. The Morgan fingerprint density at radius 2 is 1.35 bits per heavy atom. The van der Waals surface area contributed by atoms with E-state index in [1.54, 1.807) is 6.07 Å². The van der Waals surface area contributed by atoms with Crippen LogP contribution in [0, 0.1) is 17.5 Å². The van der Waals surface area contributed by atoms with Gasteiger partial charge < -0.3 is 4.74 Å². The highest BCUT2D eigenvalue weighted by Gasteiger charge is 2.07. The summed E-state index contributed by atoms with van der Waals surface area (Å²) in [6.07, 6.45) is 0. The highest BCUT2D eigenvalue weighted by molar-refractivity contribution is 5.64. The fourth-order valence-electron chi connectivity index (χ4n) is 1.52. The molecule has 2 rings (SSSR count). The Hall–Kier alpha value is -1.97. The van der Waals surface area contributed by atoms with E-state index >= 15 is 0 Å². The van der Waals surface area contributed by atoms with Crippen molar-refractivity contribution in [3.05, 3.63) is 53.8 Å². The van der Waals surface area contributed by atoms with Crippen molar-refractivity contribution in [1.82, 2.24) is 0 Å². The van der Waals surface area contributed by atoms with Crippen molar-refractivity contribution in [3.63, 3.8) is 0 Å². The topological polar surface area (TPSA) is 9.23 Å². The molecule has 0 saturated heterocycles. The second-order valence-electron chi connectivity index (χ2n) is 3.48. The van der Waals surface area contributed by atoms with Crippen molar-refractivity contribution in [1.29, 1.82) is 0 Å². The Bertz CT molecular complexity index is 552. The summed E-state index contributed by atoms with van der Waals surface area (Å²) in [7, 11) is 1.36. The molecule has 1 nitrogen and oxygen atoms in total. The predicted molar refractivity (Wildman–Crippen MR) is 58.3 cm³/mol. The molecule has 2 aromatic carbocycles. The van der Waals surface area contributed by atoms with E-state index in [0.717, 1.165) is 12.1 Å². The van der Waals surface area contributed by atoms with E-state index in [4.69, 9.17) is 4.74 Å². The maximum Gasteiger partial charge on any atom is 0.165 e. The second kappa shape index (κ2) is 4.49. The minimum absolute atomic E-state index is 0.108. The molecule has 0 saturated carbocycles. The smallest absolute Gasteiger partial charge is 0.165 e. The molecule has 4 heteroatoms. The van der Waals surface area contributed by atoms with Gasteiger partial charge in [-0.1, -0.05) is 12.1 Å². The van der Waals surface area contributed by atoms with Crippen LogP contribution in [-0.4, -0.2) is 7.11 Å². The third-order valence-electron chi connectivity index (χ3n) is 2.40. The highest BCUT2D eigenvalue weighted by Crippen LogP contribution is 2.26. The lowest BCUT2D eigenvalue weighted by molar-refractivity contribution is 0.386. The summed E-state index contributed by atoms with van der Waals surface area (Å²) >= 11 is 0. The number of hydrogen-bond acceptors (Lipinski definition) is 1. The lowest BCUT2D eigenvalue weighted by Gasteiger charge is -2.05. The van der Waals surface area contributed by atoms with Crippen molar-refractivity contribution in [2.24, 2.45) is 0 Å². The molecule has 0 heterocycles. The number of hydrogen-bond donors (Lipinski definition) is 0. The Labute approximate surface area is 96.5 Å². The predicted octanol–water partition coefficient (Wildman–Crippen LogP) is 3.78. The van der Waals surface area contributed by atoms with Gasteiger partial charge in [0, 0.05) is 0 Å². The van der Waals surface area contributed by atoms with Crippen LogP contribution in [0.5, 0.6) is 5.75 Å². The van der Waals surface area contributed by atoms with E-state index < -0.39 is 17.5 Å². The van der Waals surface area contributed by atoms with Gasteiger partial charge in [0.1, 0.15) is 0 Å². The summed E-state index contributed by atoms with van der Waals surface area (Å²) in [5.41, 5.74) is 0.868. The fourth-order valence-corrected chi connectivity index (χ4v) is 1.52. The first-order valence-corrected chi connectivity index (χ1v) is 4.91. The van der Waals surface area contributed by atoms with E-state index in [0.29, 0.717) is 11.1 Å². The molecular formula is C13H9F3O. The summed E-state index contributed by atoms with van der Waals surface area (Å²) in [5.74, 6) is -2.33. The normalized spacial score (nSPS) is 10.4. The maximum absolute atomic E-state index is 13.4. The van der Waals surface area contributed by atoms with Crippen LogP contribution in [0.2, 0.25) is 0 Å². The third kappa shape index (κ3) is 2.25. The van der Waals surface area contributed by atoms with Gasteiger partial charge in [-0.3, -0.25) is 0 Å². The number of halogens is 3. The van der Waals surface area contributed by atoms with Crippen LogP contribution < -0.4 is 4.74 Å². The van der Waals surface area contributed by atoms with Crippen molar-refractivity contribution in [3.8, 4) is 16.9 Å². The number of ether oxygens (including phenoxy) is 1. The molecule has 0 N–H and O–H groups in total. The maximum atomic E-state index is 13.4. The van der Waals surface area contributed by atoms with Crippen molar-refractivity contribution < 1.29 is 17.9 Å². The summed E-state index contributed by atoms with van der Waals surface area (Å²) < 4.78 is 44.0. The number of methoxy groups -OCH3 is 1. The van der Waals surface area contributed by atoms with Gasteiger partial charge in [0.25, 0.3) is 0 Å². The average molecular weight is 238 g/mol. The Kier molecular flexibility index (Phi) is 3.04. The fraction of sp³-hybridized carbons (Fsp3) is 0.0769. The van der Waals surface area contributed by atoms with Gasteiger partial charge in [0.2, 0.25) is 0 Å². The molecule has 0 bridgehead atoms. The molecular weight excluding hydrogens is 229 g/mol. The first kappa shape index (κ1) is 11.5. The molecule has 0 spiro atoms. The zero-order chi connectivity index (χ0) is 12.4. The second-order valence-corrected chi connectivity index (χ2v) is 3.48. The molecule has 2 aromatic rings. The van der Waals surface area contributed by atoms with Gasteiger partial charge in [0.05, 0.1) is 7.11 Å². The number of benzene rings is 2. The largest absolute Gasteiger partial charge is 0.494 e. The van der Waals surface area contributed by atoms with Crippen LogP contribution in [0.1, 0.15) is 0 Å². The Balaban J connectivity index is 2.46. The Morgan fingerprint density at radius 3 is 1.88 bits per heavy atom. The quantitative estimate of drug-likeness (QED) is 0.773. The molecule has 0 aliphatic carbocycles. The van der Waals surface area contributed by atoms with E-state index in [-0.39, 0.29) is 5.75 Å². The van der Waals surface area contributed by atoms with Gasteiger partial charge >= 0.3 is 0 Å². The van der Waals surface area contributed by atoms with Crippen LogP contribution in [0.4, 0.5) is 13.2 Å². The minimum Gasteiger partial charge on any atom is -0.494 e. The average Bonchev–Trinajstić information content (AvgIpc) is 2.32. The molecule has 0 unspecified atom stereocenters. The first-order chi connectivity index (χ1) is 8.11. The summed E-state index contributed by atoms with van der Waals surface area (Å²) in [6, 6.07) is 7.65. The molecule has 0 aliphatic heterocycles. The molecule has 0 aliphatic rings. The van der Waals surface area contributed by atoms with E-state index in [2.05, 4.69) is 0 Å². The van der Waals surface area contributed by atoms with Gasteiger partial charge in [-0.2, -0.15) is 0 Å². The van der Waals surface area contributed by atoms with Crippen LogP contribution in [0.3, 0.4) is 0 Å². The molecule has 17 heavy (non-hydrogen) atoms. The van der Waals surface area contributed by atoms with Crippen molar-refractivity contribution >= 4 is 0 Å². The SMILES string of the molecule is COc1ccc(-c2ccc(F)c(F)c2)cc1F. The molecule has 0 amide bonds. The molecule has 0 atom stereocenters. The number of rotatable bonds is 2. The molecule has 0 fully saturated rings. The summed E-state index contributed by atoms with van der Waals surface area (Å²) in [5, 5.41) is 0. The van der Waals surface area contributed by atoms with E-state index in [1.165, 1.54) is 25.3 Å². The summed E-state index contributed by atoms with van der Waals surface area (Å²) in [6.45, 7) is 0.